The fourth-order valence-corrected chi connectivity index (χ4v) is 2.56. The Bertz CT molecular complexity index is 472. The van der Waals surface area contributed by atoms with Gasteiger partial charge in [0.25, 0.3) is 0 Å². The Labute approximate surface area is 138 Å². The maximum Gasteiger partial charge on any atom is 0.220 e. The van der Waals surface area contributed by atoms with Gasteiger partial charge >= 0.3 is 0 Å². The van der Waals surface area contributed by atoms with Crippen molar-refractivity contribution in [2.24, 2.45) is 18.7 Å². The molecule has 7 heteroatoms. The Morgan fingerprint density at radius 3 is 2.48 bits per heavy atom. The molecule has 1 aliphatic rings. The van der Waals surface area contributed by atoms with E-state index in [2.05, 4.69) is 10.4 Å². The van der Waals surface area contributed by atoms with E-state index in [0.717, 1.165) is 17.8 Å². The average molecular weight is 337 g/mol. The molecular weight excluding hydrogens is 311 g/mol. The Balaban J connectivity index is 0.00000200. The Hall–Kier alpha value is -0.780. The monoisotopic (exact) mass is 336 g/mol. The molecule has 1 saturated carbocycles. The number of halogens is 2. The average Bonchev–Trinajstić information content (AvgIpc) is 3.16. The highest BCUT2D eigenvalue weighted by Crippen LogP contribution is 2.32. The van der Waals surface area contributed by atoms with Crippen LogP contribution in [0.5, 0.6) is 0 Å². The van der Waals surface area contributed by atoms with Crippen molar-refractivity contribution in [3.63, 3.8) is 0 Å². The van der Waals surface area contributed by atoms with Crippen LogP contribution in [-0.4, -0.2) is 28.3 Å². The van der Waals surface area contributed by atoms with Crippen molar-refractivity contribution < 1.29 is 4.79 Å². The minimum Gasteiger partial charge on any atom is -0.352 e. The number of nitrogens with two attached hydrogens (primary N) is 1. The molecule has 0 saturated heterocycles. The molecule has 1 aromatic rings. The van der Waals surface area contributed by atoms with E-state index in [4.69, 9.17) is 5.73 Å². The number of hydrogen-bond acceptors (Lipinski definition) is 3. The highest BCUT2D eigenvalue weighted by molar-refractivity contribution is 5.85. The topological polar surface area (TPSA) is 72.9 Å². The number of aryl methyl sites for hydroxylation is 2. The van der Waals surface area contributed by atoms with Crippen molar-refractivity contribution in [1.29, 1.82) is 0 Å². The number of carbonyl (C=O) groups excluding carboxylic acids is 1. The van der Waals surface area contributed by atoms with Gasteiger partial charge in [-0.05, 0) is 44.6 Å². The van der Waals surface area contributed by atoms with E-state index < -0.39 is 0 Å². The quantitative estimate of drug-likeness (QED) is 0.829. The first-order valence-electron chi connectivity index (χ1n) is 7.01. The lowest BCUT2D eigenvalue weighted by atomic mass is 10.1. The van der Waals surface area contributed by atoms with Crippen LogP contribution in [0, 0.1) is 19.8 Å². The summed E-state index contributed by atoms with van der Waals surface area (Å²) in [6.45, 7) is 4.58. The number of nitrogens with zero attached hydrogens (tertiary/aromatic N) is 2. The second kappa shape index (κ2) is 8.61. The van der Waals surface area contributed by atoms with Gasteiger partial charge < -0.3 is 11.1 Å². The van der Waals surface area contributed by atoms with Crippen LogP contribution >= 0.6 is 24.8 Å². The molecule has 1 amide bonds. The summed E-state index contributed by atoms with van der Waals surface area (Å²) in [7, 11) is 1.93. The molecule has 1 aliphatic carbocycles. The van der Waals surface area contributed by atoms with Crippen LogP contribution in [0.1, 0.15) is 36.2 Å². The van der Waals surface area contributed by atoms with Gasteiger partial charge in [-0.25, -0.2) is 0 Å². The summed E-state index contributed by atoms with van der Waals surface area (Å²) in [5.74, 6) is 0.709. The van der Waals surface area contributed by atoms with Crippen LogP contribution in [0.25, 0.3) is 0 Å². The summed E-state index contributed by atoms with van der Waals surface area (Å²) in [4.78, 5) is 12.0. The van der Waals surface area contributed by atoms with Crippen LogP contribution in [0.3, 0.4) is 0 Å². The molecule has 5 nitrogen and oxygen atoms in total. The molecule has 0 bridgehead atoms. The zero-order chi connectivity index (χ0) is 14.0. The van der Waals surface area contributed by atoms with E-state index in [-0.39, 0.29) is 36.8 Å². The first kappa shape index (κ1) is 20.2. The van der Waals surface area contributed by atoms with Crippen molar-refractivity contribution in [1.82, 2.24) is 15.1 Å². The zero-order valence-corrected chi connectivity index (χ0v) is 14.5. The molecular formula is C14H26Cl2N4O. The van der Waals surface area contributed by atoms with Crippen LogP contribution < -0.4 is 11.1 Å². The van der Waals surface area contributed by atoms with Gasteiger partial charge in [0.2, 0.25) is 5.91 Å². The minimum absolute atomic E-state index is 0. The van der Waals surface area contributed by atoms with Crippen LogP contribution in [0.15, 0.2) is 0 Å². The van der Waals surface area contributed by atoms with Crippen molar-refractivity contribution in [2.75, 3.05) is 6.54 Å². The molecule has 0 radical (unpaired) electrons. The van der Waals surface area contributed by atoms with Gasteiger partial charge in [0.15, 0.2) is 0 Å². The van der Waals surface area contributed by atoms with E-state index in [1.54, 1.807) is 0 Å². The number of rotatable bonds is 6. The smallest absolute Gasteiger partial charge is 0.220 e. The Kier molecular flexibility index (Phi) is 8.29. The van der Waals surface area contributed by atoms with E-state index in [1.165, 1.54) is 18.4 Å². The molecule has 122 valence electrons. The largest absolute Gasteiger partial charge is 0.352 e. The fraction of sp³-hybridized carbons (Fsp3) is 0.714. The van der Waals surface area contributed by atoms with Crippen molar-refractivity contribution in [2.45, 2.75) is 45.6 Å². The van der Waals surface area contributed by atoms with Gasteiger partial charge in [-0.2, -0.15) is 5.10 Å². The van der Waals surface area contributed by atoms with E-state index >= 15 is 0 Å². The van der Waals surface area contributed by atoms with Gasteiger partial charge in [0.1, 0.15) is 0 Å². The third-order valence-electron chi connectivity index (χ3n) is 4.05. The fourth-order valence-electron chi connectivity index (χ4n) is 2.56. The highest BCUT2D eigenvalue weighted by atomic mass is 35.5. The predicted octanol–water partition coefficient (Wildman–Crippen LogP) is 1.67. The maximum absolute atomic E-state index is 12.0. The van der Waals surface area contributed by atoms with Gasteiger partial charge in [-0.1, -0.05) is 0 Å². The Morgan fingerprint density at radius 2 is 2.05 bits per heavy atom. The summed E-state index contributed by atoms with van der Waals surface area (Å²) in [5.41, 5.74) is 9.04. The zero-order valence-electron chi connectivity index (χ0n) is 12.9. The van der Waals surface area contributed by atoms with Crippen LogP contribution in [0.4, 0.5) is 0 Å². The third kappa shape index (κ3) is 5.16. The summed E-state index contributed by atoms with van der Waals surface area (Å²) < 4.78 is 1.87. The van der Waals surface area contributed by atoms with Crippen LogP contribution in [-0.2, 0) is 18.3 Å². The molecule has 1 aromatic heterocycles. The third-order valence-corrected chi connectivity index (χ3v) is 4.05. The number of amides is 1. The number of nitrogens with one attached hydrogen (secondary N) is 1. The number of hydrogen-bond donors (Lipinski definition) is 2. The van der Waals surface area contributed by atoms with Gasteiger partial charge in [-0.15, -0.1) is 24.8 Å². The molecule has 21 heavy (non-hydrogen) atoms. The molecule has 0 aliphatic heterocycles. The van der Waals surface area contributed by atoms with Crippen molar-refractivity contribution in [3.05, 3.63) is 17.0 Å². The summed E-state index contributed by atoms with van der Waals surface area (Å²) >= 11 is 0. The van der Waals surface area contributed by atoms with Crippen molar-refractivity contribution in [3.8, 4) is 0 Å². The van der Waals surface area contributed by atoms with E-state index in [0.29, 0.717) is 18.9 Å². The molecule has 2 rings (SSSR count). The Morgan fingerprint density at radius 1 is 1.43 bits per heavy atom. The molecule has 1 fully saturated rings. The van der Waals surface area contributed by atoms with E-state index in [1.807, 2.05) is 25.6 Å². The molecule has 0 aromatic carbocycles. The van der Waals surface area contributed by atoms with Gasteiger partial charge in [0.05, 0.1) is 5.69 Å². The second-order valence-corrected chi connectivity index (χ2v) is 5.52. The molecule has 0 spiro atoms. The SMILES string of the molecule is Cc1nn(C)c(C)c1CCC(=O)NC(CN)C1CC1.Cl.Cl. The number of carbonyl (C=O) groups is 1. The first-order chi connectivity index (χ1) is 9.02. The standard InChI is InChI=1S/C14H24N4O.2ClH/c1-9-12(10(2)18(3)17-9)6-7-14(19)16-13(8-15)11-4-5-11;;/h11,13H,4-8,15H2,1-3H3,(H,16,19);2*1H. The van der Waals surface area contributed by atoms with E-state index in [9.17, 15) is 4.79 Å². The summed E-state index contributed by atoms with van der Waals surface area (Å²) in [6, 6.07) is 0.170. The van der Waals surface area contributed by atoms with Gasteiger partial charge in [0, 0.05) is 31.7 Å². The molecule has 1 atom stereocenters. The molecule has 3 N–H and O–H groups in total. The second-order valence-electron chi connectivity index (χ2n) is 5.52. The highest BCUT2D eigenvalue weighted by Gasteiger charge is 2.31. The molecule has 1 heterocycles. The predicted molar refractivity (Wildman–Crippen MR) is 89.2 cm³/mol. The maximum atomic E-state index is 12.0. The number of aromatic nitrogens is 2. The first-order valence-corrected chi connectivity index (χ1v) is 7.01. The minimum atomic E-state index is 0. The lowest BCUT2D eigenvalue weighted by Gasteiger charge is -2.15. The lowest BCUT2D eigenvalue weighted by Crippen LogP contribution is -2.41. The van der Waals surface area contributed by atoms with Gasteiger partial charge in [-0.3, -0.25) is 9.48 Å². The van der Waals surface area contributed by atoms with Crippen molar-refractivity contribution >= 4 is 30.7 Å². The normalized spacial score (nSPS) is 14.9. The van der Waals surface area contributed by atoms with Crippen LogP contribution in [0.2, 0.25) is 0 Å². The lowest BCUT2D eigenvalue weighted by molar-refractivity contribution is -0.121. The summed E-state index contributed by atoms with van der Waals surface area (Å²) in [6.07, 6.45) is 3.65. The summed E-state index contributed by atoms with van der Waals surface area (Å²) in [5, 5.41) is 7.42. The molecule has 1 unspecified atom stereocenters.